The van der Waals surface area contributed by atoms with Crippen LogP contribution in [0.2, 0.25) is 0 Å². The van der Waals surface area contributed by atoms with Crippen LogP contribution in [0.25, 0.3) is 0 Å². The van der Waals surface area contributed by atoms with Crippen molar-refractivity contribution in [3.63, 3.8) is 0 Å². The monoisotopic (exact) mass is 424 g/mol. The highest BCUT2D eigenvalue weighted by atomic mass is 32.2. The summed E-state index contributed by atoms with van der Waals surface area (Å²) < 4.78 is 33.0. The highest BCUT2D eigenvalue weighted by Gasteiger charge is 2.14. The van der Waals surface area contributed by atoms with Crippen molar-refractivity contribution in [3.05, 3.63) is 90.0 Å². The molecular weight excluding hydrogens is 400 g/mol. The van der Waals surface area contributed by atoms with E-state index in [2.05, 4.69) is 17.0 Å². The van der Waals surface area contributed by atoms with Crippen LogP contribution in [0.1, 0.15) is 22.8 Å². The van der Waals surface area contributed by atoms with Gasteiger partial charge in [-0.3, -0.25) is 9.52 Å². The summed E-state index contributed by atoms with van der Waals surface area (Å²) in [5.74, 6) is 0.444. The van der Waals surface area contributed by atoms with Gasteiger partial charge in [0, 0.05) is 11.3 Å². The van der Waals surface area contributed by atoms with E-state index in [0.29, 0.717) is 24.4 Å². The molecule has 7 heteroatoms. The van der Waals surface area contributed by atoms with E-state index >= 15 is 0 Å². The van der Waals surface area contributed by atoms with Crippen LogP contribution in [0.5, 0.6) is 5.75 Å². The Kier molecular flexibility index (Phi) is 7.08. The number of carbonyl (C=O) groups is 1. The van der Waals surface area contributed by atoms with Crippen molar-refractivity contribution in [2.24, 2.45) is 0 Å². The number of carbonyl (C=O) groups excluding carboxylic acids is 1. The third kappa shape index (κ3) is 5.84. The van der Waals surface area contributed by atoms with E-state index in [4.69, 9.17) is 4.74 Å². The molecule has 0 fully saturated rings. The first kappa shape index (κ1) is 21.4. The minimum Gasteiger partial charge on any atom is -0.492 e. The Morgan fingerprint density at radius 2 is 1.67 bits per heavy atom. The summed E-state index contributed by atoms with van der Waals surface area (Å²) in [6.07, 6.45) is 0.969. The fourth-order valence-corrected chi connectivity index (χ4v) is 3.87. The quantitative estimate of drug-likeness (QED) is 0.511. The molecular formula is C23H24N2O4S. The Balaban J connectivity index is 1.54. The van der Waals surface area contributed by atoms with Gasteiger partial charge in [0.25, 0.3) is 15.9 Å². The van der Waals surface area contributed by atoms with Crippen LogP contribution in [-0.4, -0.2) is 27.5 Å². The van der Waals surface area contributed by atoms with Crippen LogP contribution in [0, 0.1) is 0 Å². The number of hydrogen-bond acceptors (Lipinski definition) is 4. The first-order valence-electron chi connectivity index (χ1n) is 9.66. The van der Waals surface area contributed by atoms with Crippen LogP contribution < -0.4 is 14.8 Å². The van der Waals surface area contributed by atoms with Crippen LogP contribution in [-0.2, 0) is 16.4 Å². The van der Waals surface area contributed by atoms with Gasteiger partial charge < -0.3 is 10.1 Å². The van der Waals surface area contributed by atoms with Gasteiger partial charge in [-0.2, -0.15) is 0 Å². The Bertz CT molecular complexity index is 1080. The first-order chi connectivity index (χ1) is 14.5. The molecule has 0 saturated heterocycles. The zero-order valence-electron chi connectivity index (χ0n) is 16.7. The largest absolute Gasteiger partial charge is 0.492 e. The van der Waals surface area contributed by atoms with Crippen molar-refractivity contribution in [1.29, 1.82) is 0 Å². The minimum atomic E-state index is -3.71. The summed E-state index contributed by atoms with van der Waals surface area (Å²) in [5.41, 5.74) is 1.91. The number of rotatable bonds is 9. The number of nitrogens with one attached hydrogen (secondary N) is 2. The van der Waals surface area contributed by atoms with Gasteiger partial charge in [-0.25, -0.2) is 8.42 Å². The van der Waals surface area contributed by atoms with E-state index in [9.17, 15) is 13.2 Å². The van der Waals surface area contributed by atoms with E-state index in [-0.39, 0.29) is 10.8 Å². The maximum atomic E-state index is 12.4. The van der Waals surface area contributed by atoms with E-state index in [1.165, 1.54) is 23.8 Å². The normalized spacial score (nSPS) is 11.0. The van der Waals surface area contributed by atoms with Crippen molar-refractivity contribution in [2.45, 2.75) is 18.2 Å². The highest BCUT2D eigenvalue weighted by Crippen LogP contribution is 2.17. The minimum absolute atomic E-state index is 0.156. The standard InChI is InChI=1S/C23H24N2O4S/c1-2-18-11-13-21(14-12-18)29-16-15-24-23(26)19-7-6-8-20(17-19)25-30(27,28)22-9-4-3-5-10-22/h3-14,17,25H,2,15-16H2,1H3,(H,24,26). The van der Waals surface area contributed by atoms with Crippen molar-refractivity contribution in [1.82, 2.24) is 5.32 Å². The lowest BCUT2D eigenvalue weighted by Gasteiger charge is -2.11. The topological polar surface area (TPSA) is 84.5 Å². The molecule has 0 heterocycles. The SMILES string of the molecule is CCc1ccc(OCCNC(=O)c2cccc(NS(=O)(=O)c3ccccc3)c2)cc1. The predicted molar refractivity (Wildman–Crippen MR) is 117 cm³/mol. The summed E-state index contributed by atoms with van der Waals surface area (Å²) in [5, 5.41) is 2.77. The van der Waals surface area contributed by atoms with Gasteiger partial charge in [-0.05, 0) is 54.4 Å². The van der Waals surface area contributed by atoms with Gasteiger partial charge in [0.2, 0.25) is 0 Å². The van der Waals surface area contributed by atoms with Crippen molar-refractivity contribution in [3.8, 4) is 5.75 Å². The molecule has 0 aliphatic rings. The maximum Gasteiger partial charge on any atom is 0.261 e. The summed E-state index contributed by atoms with van der Waals surface area (Å²) >= 11 is 0. The fourth-order valence-electron chi connectivity index (χ4n) is 2.79. The summed E-state index contributed by atoms with van der Waals surface area (Å²) in [6.45, 7) is 2.75. The number of anilines is 1. The molecule has 3 aromatic rings. The highest BCUT2D eigenvalue weighted by molar-refractivity contribution is 7.92. The van der Waals surface area contributed by atoms with Gasteiger partial charge >= 0.3 is 0 Å². The van der Waals surface area contributed by atoms with Gasteiger partial charge in [-0.1, -0.05) is 43.3 Å². The van der Waals surface area contributed by atoms with E-state index in [1.54, 1.807) is 36.4 Å². The lowest BCUT2D eigenvalue weighted by molar-refractivity contribution is 0.0947. The molecule has 0 unspecified atom stereocenters. The number of hydrogen-bond donors (Lipinski definition) is 2. The van der Waals surface area contributed by atoms with Crippen molar-refractivity contribution < 1.29 is 17.9 Å². The average molecular weight is 425 g/mol. The number of benzene rings is 3. The molecule has 0 saturated carbocycles. The third-order valence-electron chi connectivity index (χ3n) is 4.42. The second-order valence-electron chi connectivity index (χ2n) is 6.60. The lowest BCUT2D eigenvalue weighted by atomic mass is 10.2. The third-order valence-corrected chi connectivity index (χ3v) is 5.82. The maximum absolute atomic E-state index is 12.4. The lowest BCUT2D eigenvalue weighted by Crippen LogP contribution is -2.28. The van der Waals surface area contributed by atoms with Gasteiger partial charge in [0.15, 0.2) is 0 Å². The summed E-state index contributed by atoms with van der Waals surface area (Å²) in [6, 6.07) is 22.2. The second kappa shape index (κ2) is 9.93. The number of amides is 1. The van der Waals surface area contributed by atoms with Crippen molar-refractivity contribution in [2.75, 3.05) is 17.9 Å². The summed E-state index contributed by atoms with van der Waals surface area (Å²) in [7, 11) is -3.71. The van der Waals surface area contributed by atoms with E-state index in [1.807, 2.05) is 24.3 Å². The molecule has 6 nitrogen and oxygen atoms in total. The molecule has 156 valence electrons. The first-order valence-corrected chi connectivity index (χ1v) is 11.1. The molecule has 0 aromatic heterocycles. The van der Waals surface area contributed by atoms with Crippen LogP contribution >= 0.6 is 0 Å². The zero-order chi connectivity index (χ0) is 21.4. The Morgan fingerprint density at radius 1 is 0.933 bits per heavy atom. The molecule has 30 heavy (non-hydrogen) atoms. The molecule has 0 atom stereocenters. The number of sulfonamides is 1. The van der Waals surface area contributed by atoms with Crippen LogP contribution in [0.15, 0.2) is 83.8 Å². The van der Waals surface area contributed by atoms with Gasteiger partial charge in [0.05, 0.1) is 11.4 Å². The number of ether oxygens (including phenoxy) is 1. The Labute approximate surface area is 177 Å². The van der Waals surface area contributed by atoms with E-state index in [0.717, 1.165) is 12.2 Å². The molecule has 3 rings (SSSR count). The van der Waals surface area contributed by atoms with Crippen LogP contribution in [0.4, 0.5) is 5.69 Å². The van der Waals surface area contributed by atoms with Crippen LogP contribution in [0.3, 0.4) is 0 Å². The molecule has 0 bridgehead atoms. The van der Waals surface area contributed by atoms with E-state index < -0.39 is 10.0 Å². The molecule has 3 aromatic carbocycles. The molecule has 2 N–H and O–H groups in total. The second-order valence-corrected chi connectivity index (χ2v) is 8.28. The molecule has 0 radical (unpaired) electrons. The fraction of sp³-hybridized carbons (Fsp3) is 0.174. The van der Waals surface area contributed by atoms with Gasteiger partial charge in [-0.15, -0.1) is 0 Å². The predicted octanol–water partition coefficient (Wildman–Crippen LogP) is 3.86. The molecule has 1 amide bonds. The molecule has 0 spiro atoms. The summed E-state index contributed by atoms with van der Waals surface area (Å²) in [4.78, 5) is 12.5. The molecule has 0 aliphatic carbocycles. The average Bonchev–Trinajstić information content (AvgIpc) is 2.77. The smallest absolute Gasteiger partial charge is 0.261 e. The molecule has 0 aliphatic heterocycles. The Hall–Kier alpha value is -3.32. The Morgan fingerprint density at radius 3 is 2.37 bits per heavy atom. The van der Waals surface area contributed by atoms with Crippen molar-refractivity contribution >= 4 is 21.6 Å². The zero-order valence-corrected chi connectivity index (χ0v) is 17.5. The number of aryl methyl sites for hydroxylation is 1. The van der Waals surface area contributed by atoms with Gasteiger partial charge in [0.1, 0.15) is 12.4 Å².